The molecule has 0 fully saturated rings. The van der Waals surface area contributed by atoms with Gasteiger partial charge in [0.05, 0.1) is 12.2 Å². The second-order valence-corrected chi connectivity index (χ2v) is 7.33. The van der Waals surface area contributed by atoms with Crippen molar-refractivity contribution in [3.8, 4) is 5.75 Å². The summed E-state index contributed by atoms with van der Waals surface area (Å²) in [5, 5.41) is 11.4. The molecule has 2 aromatic heterocycles. The summed E-state index contributed by atoms with van der Waals surface area (Å²) in [6.07, 6.45) is 1.54. The molecule has 1 N–H and O–H groups in total. The van der Waals surface area contributed by atoms with Gasteiger partial charge in [-0.15, -0.1) is 0 Å². The van der Waals surface area contributed by atoms with Crippen molar-refractivity contribution in [2.45, 2.75) is 27.1 Å². The highest BCUT2D eigenvalue weighted by atomic mass is 19.1. The summed E-state index contributed by atoms with van der Waals surface area (Å²) >= 11 is 0. The summed E-state index contributed by atoms with van der Waals surface area (Å²) < 4.78 is 35.2. The van der Waals surface area contributed by atoms with Crippen molar-refractivity contribution in [1.82, 2.24) is 19.6 Å². The average Bonchev–Trinajstić information content (AvgIpc) is 3.34. The fraction of sp³-hybridized carbons (Fsp3) is 0.174. The normalized spacial score (nSPS) is 10.9. The van der Waals surface area contributed by atoms with Crippen LogP contribution in [0.3, 0.4) is 0 Å². The fourth-order valence-corrected chi connectivity index (χ4v) is 3.23. The van der Waals surface area contributed by atoms with Gasteiger partial charge in [-0.1, -0.05) is 12.1 Å². The van der Waals surface area contributed by atoms with E-state index in [1.165, 1.54) is 23.0 Å². The third-order valence-electron chi connectivity index (χ3n) is 4.74. The van der Waals surface area contributed by atoms with Crippen molar-refractivity contribution in [1.29, 1.82) is 0 Å². The van der Waals surface area contributed by atoms with Crippen LogP contribution in [0.25, 0.3) is 0 Å². The lowest BCUT2D eigenvalue weighted by atomic mass is 10.2. The van der Waals surface area contributed by atoms with Crippen LogP contribution in [-0.4, -0.2) is 25.5 Å². The summed E-state index contributed by atoms with van der Waals surface area (Å²) in [6, 6.07) is 14.1. The van der Waals surface area contributed by atoms with Crippen LogP contribution in [0.4, 0.5) is 14.5 Å². The van der Waals surface area contributed by atoms with Crippen LogP contribution in [0.15, 0.2) is 60.8 Å². The van der Waals surface area contributed by atoms with Crippen LogP contribution in [0.2, 0.25) is 0 Å². The Balaban J connectivity index is 1.38. The van der Waals surface area contributed by atoms with E-state index in [0.717, 1.165) is 29.1 Å². The predicted octanol–water partition coefficient (Wildman–Crippen LogP) is 4.31. The molecule has 1 amide bonds. The van der Waals surface area contributed by atoms with Gasteiger partial charge in [-0.3, -0.25) is 9.48 Å². The second kappa shape index (κ2) is 9.01. The fourth-order valence-electron chi connectivity index (χ4n) is 3.23. The van der Waals surface area contributed by atoms with Crippen LogP contribution in [0.1, 0.15) is 27.4 Å². The van der Waals surface area contributed by atoms with Crippen molar-refractivity contribution in [2.75, 3.05) is 5.32 Å². The van der Waals surface area contributed by atoms with Gasteiger partial charge >= 0.3 is 0 Å². The standard InChI is InChI=1S/C23H21F2N5O2/c1-15-10-16(2)30(27-15)13-17-4-3-5-19(11-17)26-23(31)21-8-9-29(28-21)14-32-22-7-6-18(24)12-20(22)25/h3-12H,13-14H2,1-2H3,(H,26,31). The molecule has 2 heterocycles. The van der Waals surface area contributed by atoms with Crippen molar-refractivity contribution in [3.63, 3.8) is 0 Å². The van der Waals surface area contributed by atoms with Gasteiger partial charge < -0.3 is 10.1 Å². The molecule has 0 aliphatic carbocycles. The highest BCUT2D eigenvalue weighted by molar-refractivity contribution is 6.02. The van der Waals surface area contributed by atoms with Crippen molar-refractivity contribution in [2.24, 2.45) is 0 Å². The van der Waals surface area contributed by atoms with Gasteiger partial charge in [-0.25, -0.2) is 13.5 Å². The minimum absolute atomic E-state index is 0.104. The lowest BCUT2D eigenvalue weighted by Crippen LogP contribution is -2.14. The lowest BCUT2D eigenvalue weighted by Gasteiger charge is -2.08. The largest absolute Gasteiger partial charge is 0.468 e. The van der Waals surface area contributed by atoms with Gasteiger partial charge in [0.25, 0.3) is 5.91 Å². The maximum Gasteiger partial charge on any atom is 0.276 e. The minimum atomic E-state index is -0.810. The van der Waals surface area contributed by atoms with Gasteiger partial charge in [0.15, 0.2) is 24.0 Å². The topological polar surface area (TPSA) is 74.0 Å². The smallest absolute Gasteiger partial charge is 0.276 e. The van der Waals surface area contributed by atoms with E-state index in [1.54, 1.807) is 6.07 Å². The van der Waals surface area contributed by atoms with Crippen LogP contribution >= 0.6 is 0 Å². The van der Waals surface area contributed by atoms with E-state index in [1.807, 2.05) is 42.8 Å². The van der Waals surface area contributed by atoms with Gasteiger partial charge in [-0.05, 0) is 55.8 Å². The molecular formula is C23H21F2N5O2. The van der Waals surface area contributed by atoms with Crippen molar-refractivity contribution < 1.29 is 18.3 Å². The number of halogens is 2. The molecule has 0 saturated heterocycles. The molecule has 2 aromatic carbocycles. The number of aromatic nitrogens is 4. The first kappa shape index (κ1) is 21.2. The monoisotopic (exact) mass is 437 g/mol. The third-order valence-corrected chi connectivity index (χ3v) is 4.74. The van der Waals surface area contributed by atoms with Gasteiger partial charge in [-0.2, -0.15) is 10.2 Å². The number of ether oxygens (including phenoxy) is 1. The molecule has 0 saturated carbocycles. The summed E-state index contributed by atoms with van der Waals surface area (Å²) in [6.45, 7) is 4.40. The number of hydrogen-bond acceptors (Lipinski definition) is 4. The predicted molar refractivity (Wildman–Crippen MR) is 114 cm³/mol. The van der Waals surface area contributed by atoms with E-state index < -0.39 is 11.6 Å². The van der Waals surface area contributed by atoms with Crippen LogP contribution < -0.4 is 10.1 Å². The zero-order valence-corrected chi connectivity index (χ0v) is 17.5. The number of anilines is 1. The number of rotatable bonds is 7. The highest BCUT2D eigenvalue weighted by Crippen LogP contribution is 2.18. The SMILES string of the molecule is Cc1cc(C)n(Cc2cccc(NC(=O)c3ccn(COc4ccc(F)cc4F)n3)c2)n1. The molecule has 164 valence electrons. The molecule has 0 bridgehead atoms. The number of carbonyl (C=O) groups excluding carboxylic acids is 1. The summed E-state index contributed by atoms with van der Waals surface area (Å²) in [5.74, 6) is -1.99. The Kier molecular flexibility index (Phi) is 5.98. The Labute approximate surface area is 183 Å². The number of amides is 1. The lowest BCUT2D eigenvalue weighted by molar-refractivity contribution is 0.102. The Morgan fingerprint density at radius 2 is 1.91 bits per heavy atom. The summed E-state index contributed by atoms with van der Waals surface area (Å²) in [5.41, 5.74) is 3.82. The molecule has 9 heteroatoms. The van der Waals surface area contributed by atoms with Crippen LogP contribution in [-0.2, 0) is 13.3 Å². The van der Waals surface area contributed by atoms with E-state index in [-0.39, 0.29) is 24.1 Å². The maximum absolute atomic E-state index is 13.7. The van der Waals surface area contributed by atoms with Crippen LogP contribution in [0, 0.1) is 25.5 Å². The first-order chi connectivity index (χ1) is 15.4. The van der Waals surface area contributed by atoms with Gasteiger partial charge in [0.1, 0.15) is 5.82 Å². The van der Waals surface area contributed by atoms with E-state index in [9.17, 15) is 13.6 Å². The molecule has 0 spiro atoms. The van der Waals surface area contributed by atoms with E-state index in [2.05, 4.69) is 15.5 Å². The maximum atomic E-state index is 13.7. The summed E-state index contributed by atoms with van der Waals surface area (Å²) in [7, 11) is 0. The molecule has 0 radical (unpaired) electrons. The molecule has 0 atom stereocenters. The zero-order valence-electron chi connectivity index (χ0n) is 17.5. The molecule has 4 aromatic rings. The Morgan fingerprint density at radius 3 is 2.66 bits per heavy atom. The molecule has 0 aliphatic heterocycles. The Hall–Kier alpha value is -4.01. The number of benzene rings is 2. The van der Waals surface area contributed by atoms with Gasteiger partial charge in [0.2, 0.25) is 0 Å². The molecule has 0 unspecified atom stereocenters. The number of hydrogen-bond donors (Lipinski definition) is 1. The van der Waals surface area contributed by atoms with E-state index in [4.69, 9.17) is 4.74 Å². The first-order valence-corrected chi connectivity index (χ1v) is 9.90. The number of nitrogens with one attached hydrogen (secondary N) is 1. The zero-order chi connectivity index (χ0) is 22.7. The summed E-state index contributed by atoms with van der Waals surface area (Å²) in [4.78, 5) is 12.6. The molecule has 4 rings (SSSR count). The minimum Gasteiger partial charge on any atom is -0.468 e. The average molecular weight is 437 g/mol. The number of nitrogens with zero attached hydrogens (tertiary/aromatic N) is 4. The number of carbonyl (C=O) groups is 1. The van der Waals surface area contributed by atoms with Crippen molar-refractivity contribution in [3.05, 3.63) is 95.1 Å². The van der Waals surface area contributed by atoms with Crippen LogP contribution in [0.5, 0.6) is 5.75 Å². The quantitative estimate of drug-likeness (QED) is 0.468. The van der Waals surface area contributed by atoms with Crippen molar-refractivity contribution >= 4 is 11.6 Å². The molecule has 7 nitrogen and oxygen atoms in total. The highest BCUT2D eigenvalue weighted by Gasteiger charge is 2.12. The molecule has 32 heavy (non-hydrogen) atoms. The second-order valence-electron chi connectivity index (χ2n) is 7.33. The van der Waals surface area contributed by atoms with E-state index >= 15 is 0 Å². The molecular weight excluding hydrogens is 416 g/mol. The first-order valence-electron chi connectivity index (χ1n) is 9.90. The molecule has 0 aliphatic rings. The Morgan fingerprint density at radius 1 is 1.06 bits per heavy atom. The Bertz CT molecular complexity index is 1270. The third kappa shape index (κ3) is 5.00. The van der Waals surface area contributed by atoms with E-state index in [0.29, 0.717) is 12.2 Å². The van der Waals surface area contributed by atoms with Gasteiger partial charge in [0, 0.05) is 23.6 Å². The number of aryl methyl sites for hydroxylation is 2.